The number of halogens is 1. The number of rotatable bonds is 8. The highest BCUT2D eigenvalue weighted by atomic mass is 35.5. The first-order valence-corrected chi connectivity index (χ1v) is 6.85. The highest BCUT2D eigenvalue weighted by molar-refractivity contribution is 6.17. The number of nitrogens with two attached hydrogens (primary N) is 1. The van der Waals surface area contributed by atoms with Gasteiger partial charge in [0, 0.05) is 5.88 Å². The summed E-state index contributed by atoms with van der Waals surface area (Å²) in [7, 11) is 1.16. The van der Waals surface area contributed by atoms with E-state index in [4.69, 9.17) is 26.8 Å². The zero-order chi connectivity index (χ0) is 15.7. The zero-order valence-corrected chi connectivity index (χ0v) is 12.4. The molecule has 0 radical (unpaired) electrons. The van der Waals surface area contributed by atoms with E-state index in [0.29, 0.717) is 0 Å². The van der Waals surface area contributed by atoms with Crippen LogP contribution in [-0.2, 0) is 30.4 Å². The first-order chi connectivity index (χ1) is 10.1. The van der Waals surface area contributed by atoms with Gasteiger partial charge in [-0.15, -0.1) is 11.6 Å². The van der Waals surface area contributed by atoms with Crippen LogP contribution in [0.15, 0.2) is 30.3 Å². The summed E-state index contributed by atoms with van der Waals surface area (Å²) in [5, 5.41) is 0. The van der Waals surface area contributed by atoms with Crippen molar-refractivity contribution in [3.63, 3.8) is 0 Å². The Balaban J connectivity index is 2.64. The molecule has 1 rings (SSSR count). The second-order valence-corrected chi connectivity index (χ2v) is 4.50. The minimum absolute atomic E-state index is 0.0371. The van der Waals surface area contributed by atoms with Crippen LogP contribution in [0.5, 0.6) is 0 Å². The molecule has 0 aliphatic rings. The molecule has 0 spiro atoms. The van der Waals surface area contributed by atoms with Crippen LogP contribution in [0, 0.1) is 5.92 Å². The molecule has 0 amide bonds. The third-order valence-corrected chi connectivity index (χ3v) is 2.80. The SMILES string of the molecule is COC(=O)[C@@H](C(=O)OCc1ccccc1)C(N)OCCCl. The average molecular weight is 316 g/mol. The van der Waals surface area contributed by atoms with E-state index in [2.05, 4.69) is 4.74 Å². The zero-order valence-electron chi connectivity index (χ0n) is 11.7. The molecule has 0 heterocycles. The van der Waals surface area contributed by atoms with Gasteiger partial charge in [-0.2, -0.15) is 0 Å². The van der Waals surface area contributed by atoms with Gasteiger partial charge < -0.3 is 19.9 Å². The first-order valence-electron chi connectivity index (χ1n) is 6.31. The Bertz CT molecular complexity index is 454. The van der Waals surface area contributed by atoms with Crippen molar-refractivity contribution in [2.24, 2.45) is 11.7 Å². The number of esters is 2. The van der Waals surface area contributed by atoms with Gasteiger partial charge >= 0.3 is 11.9 Å². The summed E-state index contributed by atoms with van der Waals surface area (Å²) in [5.41, 5.74) is 6.46. The fraction of sp³-hybridized carbons (Fsp3) is 0.429. The summed E-state index contributed by atoms with van der Waals surface area (Å²) in [5.74, 6) is -2.76. The monoisotopic (exact) mass is 315 g/mol. The van der Waals surface area contributed by atoms with Crippen molar-refractivity contribution in [2.45, 2.75) is 12.8 Å². The number of hydrogen-bond donors (Lipinski definition) is 1. The Morgan fingerprint density at radius 2 is 1.90 bits per heavy atom. The Morgan fingerprint density at radius 1 is 1.24 bits per heavy atom. The molecular weight excluding hydrogens is 298 g/mol. The standard InChI is InChI=1S/C14H18ClNO5/c1-19-13(17)11(12(16)20-8-7-15)14(18)21-9-10-5-3-2-4-6-10/h2-6,11-12H,7-9,16H2,1H3/t11-,12?/m0/s1. The predicted octanol–water partition coefficient (Wildman–Crippen LogP) is 1.06. The molecule has 2 atom stereocenters. The molecule has 0 aromatic heterocycles. The van der Waals surface area contributed by atoms with E-state index in [0.717, 1.165) is 12.7 Å². The van der Waals surface area contributed by atoms with E-state index in [1.807, 2.05) is 18.2 Å². The average Bonchev–Trinajstić information content (AvgIpc) is 2.51. The lowest BCUT2D eigenvalue weighted by atomic mass is 10.1. The smallest absolute Gasteiger partial charge is 0.324 e. The predicted molar refractivity (Wildman–Crippen MR) is 76.4 cm³/mol. The second-order valence-electron chi connectivity index (χ2n) is 4.12. The van der Waals surface area contributed by atoms with Gasteiger partial charge in [-0.05, 0) is 5.56 Å². The van der Waals surface area contributed by atoms with Crippen LogP contribution in [0.4, 0.5) is 0 Å². The van der Waals surface area contributed by atoms with Crippen molar-refractivity contribution in [2.75, 3.05) is 19.6 Å². The van der Waals surface area contributed by atoms with Crippen molar-refractivity contribution in [3.05, 3.63) is 35.9 Å². The van der Waals surface area contributed by atoms with Crippen LogP contribution >= 0.6 is 11.6 Å². The quantitative estimate of drug-likeness (QED) is 0.334. The van der Waals surface area contributed by atoms with Crippen molar-refractivity contribution in [3.8, 4) is 0 Å². The number of ether oxygens (including phenoxy) is 3. The molecule has 2 N–H and O–H groups in total. The molecule has 7 heteroatoms. The molecule has 21 heavy (non-hydrogen) atoms. The maximum Gasteiger partial charge on any atom is 0.324 e. The third kappa shape index (κ3) is 5.71. The lowest BCUT2D eigenvalue weighted by molar-refractivity contribution is -0.168. The Kier molecular flexibility index (Phi) is 7.74. The number of alkyl halides is 1. The molecule has 1 unspecified atom stereocenters. The van der Waals surface area contributed by atoms with E-state index in [9.17, 15) is 9.59 Å². The van der Waals surface area contributed by atoms with Gasteiger partial charge in [-0.1, -0.05) is 30.3 Å². The molecule has 116 valence electrons. The molecule has 0 fully saturated rings. The van der Waals surface area contributed by atoms with Crippen molar-refractivity contribution in [1.29, 1.82) is 0 Å². The van der Waals surface area contributed by atoms with Crippen molar-refractivity contribution < 1.29 is 23.8 Å². The summed E-state index contributed by atoms with van der Waals surface area (Å²) in [6.45, 7) is 0.150. The van der Waals surface area contributed by atoms with Gasteiger partial charge in [0.25, 0.3) is 0 Å². The van der Waals surface area contributed by atoms with Crippen LogP contribution in [0.1, 0.15) is 5.56 Å². The number of methoxy groups -OCH3 is 1. The van der Waals surface area contributed by atoms with Crippen LogP contribution in [0.3, 0.4) is 0 Å². The maximum absolute atomic E-state index is 12.0. The summed E-state index contributed by atoms with van der Waals surface area (Å²) < 4.78 is 14.7. The molecule has 0 saturated carbocycles. The molecule has 0 saturated heterocycles. The Hall–Kier alpha value is -1.63. The molecule has 0 aliphatic heterocycles. The molecule has 1 aromatic carbocycles. The minimum atomic E-state index is -1.35. The molecule has 0 aliphatic carbocycles. The molecule has 1 aromatic rings. The lowest BCUT2D eigenvalue weighted by Gasteiger charge is -2.20. The summed E-state index contributed by atoms with van der Waals surface area (Å²) >= 11 is 5.47. The van der Waals surface area contributed by atoms with E-state index < -0.39 is 24.1 Å². The van der Waals surface area contributed by atoms with Crippen molar-refractivity contribution in [1.82, 2.24) is 0 Å². The van der Waals surface area contributed by atoms with E-state index >= 15 is 0 Å². The third-order valence-electron chi connectivity index (χ3n) is 2.65. The second kappa shape index (κ2) is 9.33. The number of benzene rings is 1. The van der Waals surface area contributed by atoms with E-state index in [1.54, 1.807) is 12.1 Å². The van der Waals surface area contributed by atoms with Crippen molar-refractivity contribution >= 4 is 23.5 Å². The minimum Gasteiger partial charge on any atom is -0.468 e. The van der Waals surface area contributed by atoms with Gasteiger partial charge in [-0.3, -0.25) is 9.59 Å². The van der Waals surface area contributed by atoms with Gasteiger partial charge in [0.1, 0.15) is 12.8 Å². The largest absolute Gasteiger partial charge is 0.468 e. The molecular formula is C14H18ClNO5. The lowest BCUT2D eigenvalue weighted by Crippen LogP contribution is -2.44. The van der Waals surface area contributed by atoms with Crippen LogP contribution in [-0.4, -0.2) is 37.8 Å². The highest BCUT2D eigenvalue weighted by Crippen LogP contribution is 2.11. The summed E-state index contributed by atoms with van der Waals surface area (Å²) in [6.07, 6.45) is -1.17. The molecule has 6 nitrogen and oxygen atoms in total. The fourth-order valence-electron chi connectivity index (χ4n) is 1.59. The van der Waals surface area contributed by atoms with E-state index in [1.165, 1.54) is 0 Å². The topological polar surface area (TPSA) is 87.9 Å². The Labute approximate surface area is 128 Å². The summed E-state index contributed by atoms with van der Waals surface area (Å²) in [4.78, 5) is 23.7. The van der Waals surface area contributed by atoms with E-state index in [-0.39, 0.29) is 19.1 Å². The number of carbonyl (C=O) groups is 2. The van der Waals surface area contributed by atoms with Gasteiger partial charge in [0.15, 0.2) is 5.92 Å². The number of carbonyl (C=O) groups excluding carboxylic acids is 2. The normalized spacial score (nSPS) is 13.3. The number of hydrogen-bond acceptors (Lipinski definition) is 6. The highest BCUT2D eigenvalue weighted by Gasteiger charge is 2.36. The van der Waals surface area contributed by atoms with Crippen LogP contribution in [0.25, 0.3) is 0 Å². The Morgan fingerprint density at radius 3 is 2.48 bits per heavy atom. The van der Waals surface area contributed by atoms with Gasteiger partial charge in [0.05, 0.1) is 13.7 Å². The maximum atomic E-state index is 12.0. The first kappa shape index (κ1) is 17.4. The summed E-state index contributed by atoms with van der Waals surface area (Å²) in [6, 6.07) is 9.07. The van der Waals surface area contributed by atoms with Gasteiger partial charge in [-0.25, -0.2) is 0 Å². The van der Waals surface area contributed by atoms with Gasteiger partial charge in [0.2, 0.25) is 0 Å². The fourth-order valence-corrected chi connectivity index (χ4v) is 1.68. The molecule has 0 bridgehead atoms. The van der Waals surface area contributed by atoms with Crippen LogP contribution in [0.2, 0.25) is 0 Å². The van der Waals surface area contributed by atoms with Crippen LogP contribution < -0.4 is 5.73 Å².